The van der Waals surface area contributed by atoms with Crippen LogP contribution in [0, 0.1) is 0 Å². The Morgan fingerprint density at radius 1 is 1.31 bits per heavy atom. The van der Waals surface area contributed by atoms with Crippen molar-refractivity contribution in [1.29, 1.82) is 0 Å². The Morgan fingerprint density at radius 3 is 2.96 bits per heavy atom. The fraction of sp³-hybridized carbons (Fsp3) is 0.125. The van der Waals surface area contributed by atoms with Crippen LogP contribution in [0.3, 0.4) is 0 Å². The second-order valence-electron chi connectivity index (χ2n) is 5.40. The van der Waals surface area contributed by atoms with Crippen LogP contribution in [0.25, 0.3) is 28.1 Å². The summed E-state index contributed by atoms with van der Waals surface area (Å²) >= 11 is 0. The molecule has 1 N–H and O–H groups in total. The van der Waals surface area contributed by atoms with Crippen molar-refractivity contribution in [2.75, 3.05) is 19.1 Å². The summed E-state index contributed by atoms with van der Waals surface area (Å²) < 4.78 is 7.30. The van der Waals surface area contributed by atoms with Crippen molar-refractivity contribution in [2.45, 2.75) is 0 Å². The zero-order valence-corrected chi connectivity index (χ0v) is 13.7. The molecule has 0 fully saturated rings. The van der Waals surface area contributed by atoms with Crippen LogP contribution in [-0.4, -0.2) is 48.9 Å². The third kappa shape index (κ3) is 2.67. The number of ether oxygens (including phenoxy) is 1. The first kappa shape index (κ1) is 15.8. The van der Waals surface area contributed by atoms with Gasteiger partial charge in [0.25, 0.3) is 17.2 Å². The zero-order chi connectivity index (χ0) is 18.1. The van der Waals surface area contributed by atoms with E-state index in [-0.39, 0.29) is 6.61 Å². The van der Waals surface area contributed by atoms with E-state index in [2.05, 4.69) is 25.5 Å². The highest BCUT2D eigenvalue weighted by molar-refractivity contribution is 5.85. The van der Waals surface area contributed by atoms with Crippen molar-refractivity contribution in [3.8, 4) is 11.4 Å². The van der Waals surface area contributed by atoms with Gasteiger partial charge in [0.2, 0.25) is 0 Å². The smallest absolute Gasteiger partial charge is 0.280 e. The summed E-state index contributed by atoms with van der Waals surface area (Å²) in [5.41, 5.74) is 3.28. The number of carbonyl (C=O) groups excluding carboxylic acids is 1. The van der Waals surface area contributed by atoms with E-state index >= 15 is 0 Å². The number of methoxy groups -OCH3 is 1. The van der Waals surface area contributed by atoms with Crippen LogP contribution in [0.4, 0.5) is 0 Å². The predicted octanol–water partition coefficient (Wildman–Crippen LogP) is 0.218. The van der Waals surface area contributed by atoms with Gasteiger partial charge in [-0.25, -0.2) is 9.66 Å². The fourth-order valence-corrected chi connectivity index (χ4v) is 2.52. The topological polar surface area (TPSA) is 116 Å². The molecule has 10 heteroatoms. The number of aromatic nitrogens is 6. The minimum absolute atomic E-state index is 0.153. The maximum atomic E-state index is 12.6. The number of nitrogens with zero attached hydrogens (tertiary/aromatic N) is 6. The van der Waals surface area contributed by atoms with Gasteiger partial charge in [-0.05, 0) is 18.2 Å². The number of carbonyl (C=O) groups is 1. The van der Waals surface area contributed by atoms with E-state index in [1.165, 1.54) is 24.0 Å². The Bertz CT molecular complexity index is 1170. The maximum Gasteiger partial charge on any atom is 0.280 e. The molecular formula is C16H13N7O3. The molecule has 1 amide bonds. The van der Waals surface area contributed by atoms with Crippen LogP contribution in [0.15, 0.2) is 47.8 Å². The van der Waals surface area contributed by atoms with E-state index in [0.717, 1.165) is 10.2 Å². The summed E-state index contributed by atoms with van der Waals surface area (Å²) in [4.78, 5) is 36.8. The van der Waals surface area contributed by atoms with Gasteiger partial charge in [0.15, 0.2) is 5.82 Å². The number of hydrogen-bond acceptors (Lipinski definition) is 7. The van der Waals surface area contributed by atoms with Crippen molar-refractivity contribution in [3.05, 3.63) is 53.3 Å². The largest absolute Gasteiger partial charge is 0.375 e. The van der Waals surface area contributed by atoms with Crippen LogP contribution in [0.2, 0.25) is 0 Å². The van der Waals surface area contributed by atoms with Crippen molar-refractivity contribution >= 4 is 22.6 Å². The van der Waals surface area contributed by atoms with Crippen LogP contribution in [0.1, 0.15) is 0 Å². The van der Waals surface area contributed by atoms with Crippen molar-refractivity contribution in [3.63, 3.8) is 0 Å². The molecule has 4 heterocycles. The Kier molecular flexibility index (Phi) is 3.86. The quantitative estimate of drug-likeness (QED) is 0.559. The molecule has 0 bridgehead atoms. The molecule has 0 saturated carbocycles. The third-order valence-electron chi connectivity index (χ3n) is 3.67. The normalized spacial score (nSPS) is 11.1. The van der Waals surface area contributed by atoms with Gasteiger partial charge in [0.1, 0.15) is 6.61 Å². The van der Waals surface area contributed by atoms with Gasteiger partial charge in [-0.15, -0.1) is 5.10 Å². The number of fused-ring (bicyclic) bond motifs is 3. The van der Waals surface area contributed by atoms with Crippen LogP contribution >= 0.6 is 0 Å². The number of nitrogens with one attached hydrogen (secondary N) is 1. The molecule has 0 unspecified atom stereocenters. The second-order valence-corrected chi connectivity index (χ2v) is 5.40. The summed E-state index contributed by atoms with van der Waals surface area (Å²) in [6.07, 6.45) is 6.17. The summed E-state index contributed by atoms with van der Waals surface area (Å²) in [5, 5.41) is 4.71. The third-order valence-corrected chi connectivity index (χ3v) is 3.67. The Hall–Kier alpha value is -3.66. The standard InChI is InChI=1S/C16H13N7O3/c1-26-9-13(24)20-22-6-4-12-11(15(22)25)8-18-16-19-14(21-23(12)16)10-3-2-5-17-7-10/h2-8H,9H2,1H3,(H,20,24). The molecule has 0 spiro atoms. The fourth-order valence-electron chi connectivity index (χ4n) is 2.52. The molecule has 0 radical (unpaired) electrons. The molecule has 0 saturated heterocycles. The predicted molar refractivity (Wildman–Crippen MR) is 92.0 cm³/mol. The highest BCUT2D eigenvalue weighted by Crippen LogP contribution is 2.16. The monoisotopic (exact) mass is 351 g/mol. The first-order chi connectivity index (χ1) is 12.7. The number of rotatable bonds is 4. The molecule has 130 valence electrons. The van der Waals surface area contributed by atoms with E-state index in [9.17, 15) is 9.59 Å². The van der Waals surface area contributed by atoms with E-state index in [1.807, 2.05) is 6.07 Å². The lowest BCUT2D eigenvalue weighted by molar-refractivity contribution is -0.120. The molecule has 0 atom stereocenters. The van der Waals surface area contributed by atoms with Crippen LogP contribution in [-0.2, 0) is 9.53 Å². The molecule has 0 aliphatic carbocycles. The lowest BCUT2D eigenvalue weighted by Gasteiger charge is -2.08. The van der Waals surface area contributed by atoms with E-state index in [0.29, 0.717) is 22.5 Å². The lowest BCUT2D eigenvalue weighted by Crippen LogP contribution is -2.34. The maximum absolute atomic E-state index is 12.6. The van der Waals surface area contributed by atoms with Gasteiger partial charge < -0.3 is 4.74 Å². The van der Waals surface area contributed by atoms with Crippen molar-refractivity contribution in [1.82, 2.24) is 29.2 Å². The van der Waals surface area contributed by atoms with E-state index in [1.54, 1.807) is 24.5 Å². The summed E-state index contributed by atoms with van der Waals surface area (Å²) in [7, 11) is 1.40. The van der Waals surface area contributed by atoms with Crippen molar-refractivity contribution < 1.29 is 9.53 Å². The molecular weight excluding hydrogens is 338 g/mol. The number of pyridine rings is 2. The Morgan fingerprint density at radius 2 is 2.19 bits per heavy atom. The van der Waals surface area contributed by atoms with Gasteiger partial charge >= 0.3 is 0 Å². The van der Waals surface area contributed by atoms with Gasteiger partial charge in [0.05, 0.1) is 10.9 Å². The Labute approximate surface area is 146 Å². The van der Waals surface area contributed by atoms with E-state index < -0.39 is 11.5 Å². The molecule has 4 aromatic rings. The number of amides is 1. The van der Waals surface area contributed by atoms with Crippen molar-refractivity contribution in [2.24, 2.45) is 0 Å². The molecule has 10 nitrogen and oxygen atoms in total. The highest BCUT2D eigenvalue weighted by atomic mass is 16.5. The molecule has 26 heavy (non-hydrogen) atoms. The van der Waals surface area contributed by atoms with Gasteiger partial charge in [-0.1, -0.05) is 0 Å². The minimum atomic E-state index is -0.442. The SMILES string of the molecule is COCC(=O)Nn1ccc2c(cnc3nc(-c4cccnc4)nn32)c1=O. The average Bonchev–Trinajstić information content (AvgIpc) is 3.09. The molecule has 0 aromatic carbocycles. The van der Waals surface area contributed by atoms with Crippen LogP contribution in [0.5, 0.6) is 0 Å². The first-order valence-corrected chi connectivity index (χ1v) is 7.64. The van der Waals surface area contributed by atoms with E-state index in [4.69, 9.17) is 4.74 Å². The summed E-state index contributed by atoms with van der Waals surface area (Å²) in [5.74, 6) is 0.371. The zero-order valence-electron chi connectivity index (χ0n) is 13.7. The van der Waals surface area contributed by atoms with Crippen LogP contribution < -0.4 is 11.0 Å². The average molecular weight is 351 g/mol. The van der Waals surface area contributed by atoms with Gasteiger partial charge in [0, 0.05) is 37.5 Å². The first-order valence-electron chi connectivity index (χ1n) is 7.64. The number of hydrogen-bond donors (Lipinski definition) is 1. The minimum Gasteiger partial charge on any atom is -0.375 e. The van der Waals surface area contributed by atoms with Gasteiger partial charge in [-0.2, -0.15) is 9.50 Å². The second kappa shape index (κ2) is 6.33. The summed E-state index contributed by atoms with van der Waals surface area (Å²) in [6.45, 7) is -0.153. The molecule has 0 aliphatic rings. The lowest BCUT2D eigenvalue weighted by atomic mass is 10.3. The Balaban J connectivity index is 1.83. The molecule has 4 aromatic heterocycles. The molecule has 0 aliphatic heterocycles. The molecule has 4 rings (SSSR count). The summed E-state index contributed by atoms with van der Waals surface area (Å²) in [6, 6.07) is 5.27. The van der Waals surface area contributed by atoms with Gasteiger partial charge in [-0.3, -0.25) is 20.0 Å². The highest BCUT2D eigenvalue weighted by Gasteiger charge is 2.13.